The molecule has 1 aliphatic rings. The predicted molar refractivity (Wildman–Crippen MR) is 125 cm³/mol. The number of halogens is 1. The molecule has 33 heavy (non-hydrogen) atoms. The molecular weight excluding hydrogens is 419 g/mol. The monoisotopic (exact) mass is 448 g/mol. The van der Waals surface area contributed by atoms with Crippen LogP contribution in [0.15, 0.2) is 78.9 Å². The molecule has 0 radical (unpaired) electrons. The topological polar surface area (TPSA) is 75.8 Å². The normalized spacial score (nSPS) is 18.8. The first kappa shape index (κ1) is 23.0. The van der Waals surface area contributed by atoms with E-state index >= 15 is 0 Å². The zero-order valence-electron chi connectivity index (χ0n) is 18.4. The maximum atomic E-state index is 13.2. The van der Waals surface area contributed by atoms with E-state index in [1.54, 1.807) is 17.0 Å². The lowest BCUT2D eigenvalue weighted by atomic mass is 10.0. The number of nitrogens with zero attached hydrogens (tertiary/aromatic N) is 1. The van der Waals surface area contributed by atoms with Crippen molar-refractivity contribution >= 4 is 5.91 Å². The van der Waals surface area contributed by atoms with Crippen LogP contribution in [0.1, 0.15) is 23.1 Å². The molecule has 172 valence electrons. The minimum Gasteiger partial charge on any atom is -0.489 e. The van der Waals surface area contributed by atoms with E-state index in [-0.39, 0.29) is 17.8 Å². The Kier molecular flexibility index (Phi) is 7.37. The number of hydrogen-bond acceptors (Lipinski definition) is 4. The van der Waals surface area contributed by atoms with Crippen molar-refractivity contribution in [2.45, 2.75) is 44.1 Å². The number of rotatable bonds is 8. The number of likely N-dealkylation sites (tertiary alicyclic amines) is 1. The van der Waals surface area contributed by atoms with Crippen LogP contribution in [0.3, 0.4) is 0 Å². The lowest BCUT2D eigenvalue weighted by Gasteiger charge is -2.29. The highest BCUT2D eigenvalue weighted by atomic mass is 19.1. The van der Waals surface area contributed by atoms with E-state index in [9.17, 15) is 14.3 Å². The van der Waals surface area contributed by atoms with Crippen LogP contribution >= 0.6 is 0 Å². The Morgan fingerprint density at radius 1 is 1.00 bits per heavy atom. The van der Waals surface area contributed by atoms with Crippen LogP contribution in [0.5, 0.6) is 5.75 Å². The number of benzene rings is 3. The van der Waals surface area contributed by atoms with E-state index in [0.29, 0.717) is 32.4 Å². The van der Waals surface area contributed by atoms with Gasteiger partial charge in [0.15, 0.2) is 0 Å². The first-order chi connectivity index (χ1) is 16.0. The van der Waals surface area contributed by atoms with Gasteiger partial charge in [-0.15, -0.1) is 0 Å². The maximum Gasteiger partial charge on any atom is 0.240 e. The lowest BCUT2D eigenvalue weighted by Crippen LogP contribution is -2.49. The summed E-state index contributed by atoms with van der Waals surface area (Å²) in [5.41, 5.74) is 9.18. The van der Waals surface area contributed by atoms with Crippen LogP contribution < -0.4 is 10.5 Å². The molecule has 6 heteroatoms. The van der Waals surface area contributed by atoms with Crippen molar-refractivity contribution in [3.8, 4) is 5.75 Å². The van der Waals surface area contributed by atoms with Gasteiger partial charge in [-0.25, -0.2) is 4.39 Å². The van der Waals surface area contributed by atoms with Crippen molar-refractivity contribution in [3.63, 3.8) is 0 Å². The molecule has 1 heterocycles. The molecule has 1 amide bonds. The summed E-state index contributed by atoms with van der Waals surface area (Å²) in [6.45, 7) is 0.955. The maximum absolute atomic E-state index is 13.2. The Balaban J connectivity index is 1.33. The van der Waals surface area contributed by atoms with Crippen molar-refractivity contribution in [3.05, 3.63) is 101 Å². The van der Waals surface area contributed by atoms with Crippen LogP contribution in [-0.2, 0) is 24.2 Å². The average molecular weight is 449 g/mol. The molecular formula is C27H29FN2O3. The summed E-state index contributed by atoms with van der Waals surface area (Å²) in [6, 6.07) is 22.6. The fourth-order valence-corrected chi connectivity index (χ4v) is 4.24. The fourth-order valence-electron chi connectivity index (χ4n) is 4.24. The van der Waals surface area contributed by atoms with Gasteiger partial charge in [0.2, 0.25) is 5.91 Å². The Bertz CT molecular complexity index is 1040. The minimum atomic E-state index is -0.706. The van der Waals surface area contributed by atoms with Crippen LogP contribution in [-0.4, -0.2) is 40.6 Å². The Labute approximate surface area is 193 Å². The van der Waals surface area contributed by atoms with Crippen molar-refractivity contribution in [1.82, 2.24) is 4.90 Å². The molecule has 1 fully saturated rings. The second-order valence-electron chi connectivity index (χ2n) is 8.51. The number of ether oxygens (including phenoxy) is 1. The van der Waals surface area contributed by atoms with Gasteiger partial charge in [0.05, 0.1) is 18.2 Å². The third kappa shape index (κ3) is 5.97. The number of carbonyl (C=O) groups is 1. The summed E-state index contributed by atoms with van der Waals surface area (Å²) in [5.74, 6) is 0.268. The van der Waals surface area contributed by atoms with Crippen molar-refractivity contribution in [2.24, 2.45) is 5.73 Å². The first-order valence-electron chi connectivity index (χ1n) is 11.2. The predicted octanol–water partition coefficient (Wildman–Crippen LogP) is 3.48. The third-order valence-electron chi connectivity index (χ3n) is 6.10. The van der Waals surface area contributed by atoms with Gasteiger partial charge < -0.3 is 20.5 Å². The van der Waals surface area contributed by atoms with E-state index in [2.05, 4.69) is 0 Å². The minimum absolute atomic E-state index is 0.178. The van der Waals surface area contributed by atoms with Crippen molar-refractivity contribution in [2.75, 3.05) is 6.54 Å². The van der Waals surface area contributed by atoms with Crippen molar-refractivity contribution in [1.29, 1.82) is 0 Å². The smallest absolute Gasteiger partial charge is 0.240 e. The summed E-state index contributed by atoms with van der Waals surface area (Å²) < 4.78 is 19.0. The summed E-state index contributed by atoms with van der Waals surface area (Å²) in [7, 11) is 0. The largest absolute Gasteiger partial charge is 0.489 e. The molecule has 4 rings (SSSR count). The molecule has 0 aliphatic carbocycles. The molecule has 5 nitrogen and oxygen atoms in total. The second kappa shape index (κ2) is 10.6. The summed E-state index contributed by atoms with van der Waals surface area (Å²) in [6.07, 6.45) is 0.756. The van der Waals surface area contributed by atoms with E-state index < -0.39 is 12.1 Å². The Morgan fingerprint density at radius 3 is 2.36 bits per heavy atom. The first-order valence-corrected chi connectivity index (χ1v) is 11.2. The number of hydrogen-bond donors (Lipinski definition) is 2. The summed E-state index contributed by atoms with van der Waals surface area (Å²) in [5, 5.41) is 10.4. The molecule has 0 saturated carbocycles. The van der Waals surface area contributed by atoms with Gasteiger partial charge in [0, 0.05) is 6.54 Å². The SMILES string of the molecule is N[C@H](Cc1ccc(OCc2ccccc2)cc1)C(=O)N1CC[C@H](O)[C@@H]1Cc1ccc(F)cc1. The summed E-state index contributed by atoms with van der Waals surface area (Å²) in [4.78, 5) is 14.8. The van der Waals surface area contributed by atoms with Gasteiger partial charge >= 0.3 is 0 Å². The van der Waals surface area contributed by atoms with Crippen LogP contribution in [0.2, 0.25) is 0 Å². The van der Waals surface area contributed by atoms with E-state index in [1.165, 1.54) is 12.1 Å². The van der Waals surface area contributed by atoms with Gasteiger partial charge in [-0.05, 0) is 60.2 Å². The molecule has 0 bridgehead atoms. The van der Waals surface area contributed by atoms with Gasteiger partial charge in [-0.3, -0.25) is 4.79 Å². The van der Waals surface area contributed by atoms with Crippen molar-refractivity contribution < 1.29 is 19.0 Å². The second-order valence-corrected chi connectivity index (χ2v) is 8.51. The molecule has 3 aromatic rings. The number of amides is 1. The summed E-state index contributed by atoms with van der Waals surface area (Å²) >= 11 is 0. The number of nitrogens with two attached hydrogens (primary N) is 1. The fraction of sp³-hybridized carbons (Fsp3) is 0.296. The standard InChI is InChI=1S/C27H29FN2O3/c28-22-10-6-20(7-11-22)17-25-26(31)14-15-30(25)27(32)24(29)16-19-8-12-23(13-9-19)33-18-21-4-2-1-3-5-21/h1-13,24-26,31H,14-18,29H2/t24-,25+,26+/m1/s1. The lowest BCUT2D eigenvalue weighted by molar-refractivity contribution is -0.134. The molecule has 0 spiro atoms. The van der Waals surface area contributed by atoms with Gasteiger partial charge in [0.25, 0.3) is 0 Å². The average Bonchev–Trinajstić information content (AvgIpc) is 3.20. The Hall–Kier alpha value is -3.22. The van der Waals surface area contributed by atoms with Gasteiger partial charge in [-0.1, -0.05) is 54.6 Å². The number of aliphatic hydroxyl groups excluding tert-OH is 1. The highest BCUT2D eigenvalue weighted by molar-refractivity contribution is 5.82. The van der Waals surface area contributed by atoms with Gasteiger partial charge in [-0.2, -0.15) is 0 Å². The zero-order valence-corrected chi connectivity index (χ0v) is 18.4. The molecule has 3 atom stereocenters. The molecule has 0 aromatic heterocycles. The number of aliphatic hydroxyl groups is 1. The highest BCUT2D eigenvalue weighted by Gasteiger charge is 2.37. The molecule has 0 unspecified atom stereocenters. The van der Waals surface area contributed by atoms with E-state index in [0.717, 1.165) is 22.4 Å². The van der Waals surface area contributed by atoms with Crippen LogP contribution in [0.25, 0.3) is 0 Å². The highest BCUT2D eigenvalue weighted by Crippen LogP contribution is 2.24. The quantitative estimate of drug-likeness (QED) is 0.553. The third-order valence-corrected chi connectivity index (χ3v) is 6.10. The van der Waals surface area contributed by atoms with E-state index in [1.807, 2.05) is 54.6 Å². The van der Waals surface area contributed by atoms with Crippen LogP contribution in [0, 0.1) is 5.82 Å². The molecule has 1 saturated heterocycles. The number of carbonyl (C=O) groups excluding carboxylic acids is 1. The van der Waals surface area contributed by atoms with E-state index in [4.69, 9.17) is 10.5 Å². The van der Waals surface area contributed by atoms with Crippen LogP contribution in [0.4, 0.5) is 4.39 Å². The van der Waals surface area contributed by atoms with Gasteiger partial charge in [0.1, 0.15) is 18.2 Å². The molecule has 3 N–H and O–H groups in total. The zero-order chi connectivity index (χ0) is 23.2. The molecule has 1 aliphatic heterocycles. The molecule has 3 aromatic carbocycles. The Morgan fingerprint density at radius 2 is 1.67 bits per heavy atom.